The predicted octanol–water partition coefficient (Wildman–Crippen LogP) is 4.87. The topological polar surface area (TPSA) is 85.0 Å². The summed E-state index contributed by atoms with van der Waals surface area (Å²) in [7, 11) is 0. The minimum atomic E-state index is -1.36. The Hall–Kier alpha value is -3.50. The molecule has 1 heterocycles. The number of nitrogens with zero attached hydrogens (tertiary/aromatic N) is 2. The molecule has 0 fully saturated rings. The maximum atomic E-state index is 14.4. The summed E-state index contributed by atoms with van der Waals surface area (Å²) in [5.41, 5.74) is 5.22. The number of para-hydroxylation sites is 1. The number of carbonyl (C=O) groups is 2. The first kappa shape index (κ1) is 23.7. The molecule has 0 aliphatic carbocycles. The van der Waals surface area contributed by atoms with Gasteiger partial charge in [-0.25, -0.2) is 18.2 Å². The number of halogens is 4. The third-order valence-electron chi connectivity index (χ3n) is 4.72. The van der Waals surface area contributed by atoms with Gasteiger partial charge in [0, 0.05) is 28.3 Å². The van der Waals surface area contributed by atoms with Crippen molar-refractivity contribution in [2.75, 3.05) is 6.61 Å². The molecule has 11 heteroatoms. The van der Waals surface area contributed by atoms with E-state index in [1.54, 1.807) is 48.5 Å². The molecule has 0 saturated carbocycles. The van der Waals surface area contributed by atoms with Crippen molar-refractivity contribution in [3.8, 4) is 5.75 Å². The number of rotatable bonds is 6. The van der Waals surface area contributed by atoms with Crippen molar-refractivity contribution in [1.82, 2.24) is 5.01 Å². The highest BCUT2D eigenvalue weighted by Gasteiger charge is 2.38. The highest BCUT2D eigenvalue weighted by Crippen LogP contribution is 2.45. The van der Waals surface area contributed by atoms with Crippen molar-refractivity contribution in [3.05, 3.63) is 99.8 Å². The molecule has 3 aromatic rings. The third-order valence-corrected chi connectivity index (χ3v) is 6.19. The lowest BCUT2D eigenvalue weighted by Crippen LogP contribution is -2.28. The zero-order chi connectivity index (χ0) is 24.4. The van der Waals surface area contributed by atoms with Crippen molar-refractivity contribution in [2.45, 2.75) is 5.37 Å². The number of nitrogens with two attached hydrogens (primary N) is 1. The van der Waals surface area contributed by atoms with Crippen LogP contribution in [0.25, 0.3) is 0 Å². The molecule has 0 spiro atoms. The fourth-order valence-corrected chi connectivity index (χ4v) is 4.53. The Bertz CT molecular complexity index is 1280. The smallest absolute Gasteiger partial charge is 0.281 e. The molecule has 1 aliphatic rings. The van der Waals surface area contributed by atoms with Crippen molar-refractivity contribution in [2.24, 2.45) is 10.8 Å². The second-order valence-corrected chi connectivity index (χ2v) is 8.57. The molecule has 1 atom stereocenters. The van der Waals surface area contributed by atoms with Gasteiger partial charge in [-0.3, -0.25) is 9.59 Å². The Morgan fingerprint density at radius 1 is 1.06 bits per heavy atom. The minimum Gasteiger partial charge on any atom is -0.483 e. The van der Waals surface area contributed by atoms with Gasteiger partial charge in [0.2, 0.25) is 0 Å². The zero-order valence-electron chi connectivity index (χ0n) is 17.2. The SMILES string of the molecule is NC(=O)COc1ccccc1C1SC(c2ccc(Cl)cc2)=NN1C(=O)c1c(F)cc(F)cc1F. The molecule has 6 nitrogen and oxygen atoms in total. The molecule has 0 saturated heterocycles. The van der Waals surface area contributed by atoms with Gasteiger partial charge >= 0.3 is 0 Å². The van der Waals surface area contributed by atoms with Crippen LogP contribution >= 0.6 is 23.4 Å². The van der Waals surface area contributed by atoms with Crippen LogP contribution in [0.15, 0.2) is 65.8 Å². The fraction of sp³-hybridized carbons (Fsp3) is 0.0870. The monoisotopic (exact) mass is 505 g/mol. The Morgan fingerprint density at radius 3 is 2.35 bits per heavy atom. The lowest BCUT2D eigenvalue weighted by atomic mass is 10.1. The summed E-state index contributed by atoms with van der Waals surface area (Å²) in [6, 6.07) is 13.9. The van der Waals surface area contributed by atoms with E-state index in [1.807, 2.05) is 0 Å². The molecule has 174 valence electrons. The van der Waals surface area contributed by atoms with E-state index in [9.17, 15) is 22.8 Å². The fourth-order valence-electron chi connectivity index (χ4n) is 3.22. The predicted molar refractivity (Wildman–Crippen MR) is 122 cm³/mol. The average molecular weight is 506 g/mol. The molecular weight excluding hydrogens is 491 g/mol. The van der Waals surface area contributed by atoms with Gasteiger partial charge in [-0.1, -0.05) is 53.7 Å². The van der Waals surface area contributed by atoms with E-state index >= 15 is 0 Å². The van der Waals surface area contributed by atoms with E-state index in [0.717, 1.165) is 16.8 Å². The Balaban J connectivity index is 1.79. The van der Waals surface area contributed by atoms with Crippen LogP contribution in [0.3, 0.4) is 0 Å². The second kappa shape index (κ2) is 9.78. The number of amides is 2. The van der Waals surface area contributed by atoms with Crippen LogP contribution in [-0.4, -0.2) is 28.5 Å². The first-order chi connectivity index (χ1) is 16.2. The van der Waals surface area contributed by atoms with Gasteiger partial charge in [0.1, 0.15) is 39.2 Å². The normalized spacial score (nSPS) is 15.2. The maximum absolute atomic E-state index is 14.4. The maximum Gasteiger partial charge on any atom is 0.281 e. The summed E-state index contributed by atoms with van der Waals surface area (Å²) in [5, 5.41) is 5.12. The summed E-state index contributed by atoms with van der Waals surface area (Å²) in [5.74, 6) is -5.49. The van der Waals surface area contributed by atoms with Gasteiger partial charge in [-0.2, -0.15) is 5.10 Å². The van der Waals surface area contributed by atoms with Gasteiger partial charge in [0.25, 0.3) is 11.8 Å². The molecule has 1 unspecified atom stereocenters. The van der Waals surface area contributed by atoms with Gasteiger partial charge in [-0.15, -0.1) is 0 Å². The van der Waals surface area contributed by atoms with Gasteiger partial charge in [0.15, 0.2) is 6.61 Å². The summed E-state index contributed by atoms with van der Waals surface area (Å²) >= 11 is 7.07. The highest BCUT2D eigenvalue weighted by atomic mass is 35.5. The summed E-state index contributed by atoms with van der Waals surface area (Å²) in [4.78, 5) is 24.5. The van der Waals surface area contributed by atoms with Crippen molar-refractivity contribution < 1.29 is 27.5 Å². The lowest BCUT2D eigenvalue weighted by molar-refractivity contribution is -0.119. The number of ether oxygens (including phenoxy) is 1. The van der Waals surface area contributed by atoms with E-state index in [4.69, 9.17) is 22.1 Å². The van der Waals surface area contributed by atoms with E-state index in [1.165, 1.54) is 0 Å². The molecule has 0 bridgehead atoms. The largest absolute Gasteiger partial charge is 0.483 e. The van der Waals surface area contributed by atoms with Crippen LogP contribution < -0.4 is 10.5 Å². The van der Waals surface area contributed by atoms with Crippen LogP contribution in [0.4, 0.5) is 13.2 Å². The molecule has 4 rings (SSSR count). The molecule has 2 N–H and O–H groups in total. The second-order valence-electron chi connectivity index (χ2n) is 7.07. The van der Waals surface area contributed by atoms with Crippen LogP contribution in [0.2, 0.25) is 5.02 Å². The van der Waals surface area contributed by atoms with Crippen molar-refractivity contribution in [3.63, 3.8) is 0 Å². The third kappa shape index (κ3) is 4.87. The molecule has 0 radical (unpaired) electrons. The highest BCUT2D eigenvalue weighted by molar-refractivity contribution is 8.14. The van der Waals surface area contributed by atoms with Gasteiger partial charge in [-0.05, 0) is 18.2 Å². The molecule has 0 aromatic heterocycles. The molecular formula is C23H15ClF3N3O3S. The number of carbonyl (C=O) groups excluding carboxylic acids is 2. The Morgan fingerprint density at radius 2 is 1.71 bits per heavy atom. The summed E-state index contributed by atoms with van der Waals surface area (Å²) < 4.78 is 47.7. The average Bonchev–Trinajstić information content (AvgIpc) is 3.23. The number of thioether (sulfide) groups is 1. The standard InChI is InChI=1S/C23H15ClF3N3O3S/c24-13-7-5-12(6-8-13)21-29-30(22(32)20-16(26)9-14(25)10-17(20)27)23(34-21)15-3-1-2-4-18(15)33-11-19(28)31/h1-10,23H,11H2,(H2,28,31). The van der Waals surface area contributed by atoms with Crippen LogP contribution in [-0.2, 0) is 4.79 Å². The van der Waals surface area contributed by atoms with E-state index in [-0.39, 0.29) is 5.75 Å². The Kier molecular flexibility index (Phi) is 6.80. The van der Waals surface area contributed by atoms with Crippen LogP contribution in [0, 0.1) is 17.5 Å². The van der Waals surface area contributed by atoms with E-state index in [2.05, 4.69) is 5.10 Å². The Labute approximate surface area is 201 Å². The number of primary amides is 1. The number of hydrogen-bond acceptors (Lipinski definition) is 5. The minimum absolute atomic E-state index is 0.226. The van der Waals surface area contributed by atoms with Crippen LogP contribution in [0.5, 0.6) is 5.75 Å². The molecule has 1 aliphatic heterocycles. The summed E-state index contributed by atoms with van der Waals surface area (Å²) in [6.45, 7) is -0.422. The number of benzene rings is 3. The van der Waals surface area contributed by atoms with E-state index in [0.29, 0.717) is 33.3 Å². The number of hydrogen-bond donors (Lipinski definition) is 1. The lowest BCUT2D eigenvalue weighted by Gasteiger charge is -2.23. The van der Waals surface area contributed by atoms with Crippen molar-refractivity contribution in [1.29, 1.82) is 0 Å². The number of hydrazone groups is 1. The van der Waals surface area contributed by atoms with E-state index < -0.39 is 46.8 Å². The van der Waals surface area contributed by atoms with Gasteiger partial charge < -0.3 is 10.5 Å². The molecule has 2 amide bonds. The van der Waals surface area contributed by atoms with Crippen LogP contribution in [0.1, 0.15) is 26.9 Å². The first-order valence-electron chi connectivity index (χ1n) is 9.74. The quantitative estimate of drug-likeness (QED) is 0.518. The summed E-state index contributed by atoms with van der Waals surface area (Å²) in [6.07, 6.45) is 0. The molecule has 3 aromatic carbocycles. The van der Waals surface area contributed by atoms with Crippen molar-refractivity contribution >= 4 is 40.2 Å². The molecule has 34 heavy (non-hydrogen) atoms. The van der Waals surface area contributed by atoms with Gasteiger partial charge in [0.05, 0.1) is 0 Å². The zero-order valence-corrected chi connectivity index (χ0v) is 18.7. The first-order valence-corrected chi connectivity index (χ1v) is 11.0.